The molecule has 2 aromatic carbocycles. The minimum absolute atomic E-state index is 0.145. The Morgan fingerprint density at radius 3 is 2.50 bits per heavy atom. The van der Waals surface area contributed by atoms with Crippen LogP contribution in [0.1, 0.15) is 10.4 Å². The lowest BCUT2D eigenvalue weighted by Gasteiger charge is -2.10. The molecule has 3 N–H and O–H groups in total. The van der Waals surface area contributed by atoms with Gasteiger partial charge in [0.25, 0.3) is 0 Å². The SMILES string of the molecule is Nc1cc(F)c(Oc2ccc(F)cc2Br)cc1C(=O)O. The maximum absolute atomic E-state index is 13.7. The van der Waals surface area contributed by atoms with Crippen LogP contribution in [0.15, 0.2) is 34.8 Å². The molecule has 0 heterocycles. The van der Waals surface area contributed by atoms with Crippen molar-refractivity contribution in [2.24, 2.45) is 0 Å². The largest absolute Gasteiger partial charge is 0.478 e. The number of benzene rings is 2. The third-order valence-electron chi connectivity index (χ3n) is 2.45. The lowest BCUT2D eigenvalue weighted by molar-refractivity contribution is 0.0697. The van der Waals surface area contributed by atoms with E-state index in [1.54, 1.807) is 0 Å². The van der Waals surface area contributed by atoms with Crippen LogP contribution in [-0.4, -0.2) is 11.1 Å². The van der Waals surface area contributed by atoms with Crippen molar-refractivity contribution in [2.45, 2.75) is 0 Å². The zero-order chi connectivity index (χ0) is 14.9. The van der Waals surface area contributed by atoms with E-state index in [2.05, 4.69) is 15.9 Å². The molecule has 0 saturated heterocycles. The fourth-order valence-electron chi connectivity index (χ4n) is 1.51. The van der Waals surface area contributed by atoms with Gasteiger partial charge in [0.2, 0.25) is 0 Å². The first kappa shape index (κ1) is 14.3. The highest BCUT2D eigenvalue weighted by Gasteiger charge is 2.15. The Morgan fingerprint density at radius 1 is 1.20 bits per heavy atom. The van der Waals surface area contributed by atoms with Gasteiger partial charge < -0.3 is 15.6 Å². The van der Waals surface area contributed by atoms with Crippen LogP contribution in [0.2, 0.25) is 0 Å². The minimum atomic E-state index is -1.30. The third kappa shape index (κ3) is 2.88. The Labute approximate surface area is 120 Å². The van der Waals surface area contributed by atoms with Crippen LogP contribution in [0.4, 0.5) is 14.5 Å². The van der Waals surface area contributed by atoms with E-state index >= 15 is 0 Å². The number of ether oxygens (including phenoxy) is 1. The average Bonchev–Trinajstić information content (AvgIpc) is 2.35. The summed E-state index contributed by atoms with van der Waals surface area (Å²) in [5.41, 5.74) is 4.91. The molecule has 2 rings (SSSR count). The van der Waals surface area contributed by atoms with Crippen molar-refractivity contribution in [1.29, 1.82) is 0 Å². The first-order chi connectivity index (χ1) is 9.38. The number of rotatable bonds is 3. The van der Waals surface area contributed by atoms with Crippen molar-refractivity contribution in [1.82, 2.24) is 0 Å². The fourth-order valence-corrected chi connectivity index (χ4v) is 1.94. The van der Waals surface area contributed by atoms with Crippen molar-refractivity contribution in [2.75, 3.05) is 5.73 Å². The van der Waals surface area contributed by atoms with E-state index in [0.29, 0.717) is 0 Å². The molecule has 0 amide bonds. The van der Waals surface area contributed by atoms with Crippen molar-refractivity contribution >= 4 is 27.6 Å². The summed E-state index contributed by atoms with van der Waals surface area (Å²) >= 11 is 3.06. The molecule has 2 aromatic rings. The first-order valence-electron chi connectivity index (χ1n) is 5.33. The van der Waals surface area contributed by atoms with Crippen molar-refractivity contribution in [3.8, 4) is 11.5 Å². The third-order valence-corrected chi connectivity index (χ3v) is 3.07. The van der Waals surface area contributed by atoms with E-state index < -0.39 is 17.6 Å². The molecule has 104 valence electrons. The topological polar surface area (TPSA) is 72.5 Å². The predicted octanol–water partition coefficient (Wildman–Crippen LogP) is 3.80. The van der Waals surface area contributed by atoms with Crippen molar-refractivity contribution in [3.05, 3.63) is 52.0 Å². The average molecular weight is 344 g/mol. The van der Waals surface area contributed by atoms with Gasteiger partial charge in [-0.25, -0.2) is 13.6 Å². The van der Waals surface area contributed by atoms with E-state index in [4.69, 9.17) is 15.6 Å². The highest BCUT2D eigenvalue weighted by molar-refractivity contribution is 9.10. The molecule has 0 aromatic heterocycles. The number of anilines is 1. The van der Waals surface area contributed by atoms with Crippen LogP contribution < -0.4 is 10.5 Å². The Balaban J connectivity index is 2.43. The summed E-state index contributed by atoms with van der Waals surface area (Å²) in [4.78, 5) is 10.9. The summed E-state index contributed by atoms with van der Waals surface area (Å²) in [6, 6.07) is 5.39. The molecule has 0 aliphatic carbocycles. The van der Waals surface area contributed by atoms with Gasteiger partial charge in [-0.3, -0.25) is 0 Å². The Hall–Kier alpha value is -2.15. The summed E-state index contributed by atoms with van der Waals surface area (Å²) in [6.45, 7) is 0. The van der Waals surface area contributed by atoms with Gasteiger partial charge >= 0.3 is 5.97 Å². The van der Waals surface area contributed by atoms with Crippen LogP contribution in [-0.2, 0) is 0 Å². The maximum atomic E-state index is 13.7. The number of aromatic carboxylic acids is 1. The van der Waals surface area contributed by atoms with Crippen molar-refractivity contribution < 1.29 is 23.4 Å². The summed E-state index contributed by atoms with van der Waals surface area (Å²) < 4.78 is 32.1. The van der Waals surface area contributed by atoms with Crippen LogP contribution in [0.3, 0.4) is 0 Å². The van der Waals surface area contributed by atoms with Gasteiger partial charge in [0.1, 0.15) is 11.6 Å². The number of carboxylic acid groups (broad SMARTS) is 1. The quantitative estimate of drug-likeness (QED) is 0.831. The van der Waals surface area contributed by atoms with E-state index in [-0.39, 0.29) is 27.2 Å². The van der Waals surface area contributed by atoms with E-state index in [1.165, 1.54) is 6.07 Å². The summed E-state index contributed by atoms with van der Waals surface area (Å²) in [7, 11) is 0. The van der Waals surface area contributed by atoms with E-state index in [1.807, 2.05) is 0 Å². The summed E-state index contributed by atoms with van der Waals surface area (Å²) in [5, 5.41) is 8.92. The van der Waals surface area contributed by atoms with Crippen LogP contribution in [0, 0.1) is 11.6 Å². The predicted molar refractivity (Wildman–Crippen MR) is 71.9 cm³/mol. The zero-order valence-electron chi connectivity index (χ0n) is 9.86. The van der Waals surface area contributed by atoms with Crippen LogP contribution in [0.25, 0.3) is 0 Å². The smallest absolute Gasteiger partial charge is 0.337 e. The number of nitrogens with two attached hydrogens (primary N) is 1. The Kier molecular flexibility index (Phi) is 3.89. The maximum Gasteiger partial charge on any atom is 0.337 e. The highest BCUT2D eigenvalue weighted by atomic mass is 79.9. The Bertz CT molecular complexity index is 692. The molecule has 0 atom stereocenters. The van der Waals surface area contributed by atoms with Gasteiger partial charge in [0.05, 0.1) is 10.0 Å². The van der Waals surface area contributed by atoms with E-state index in [9.17, 15) is 13.6 Å². The minimum Gasteiger partial charge on any atom is -0.478 e. The van der Waals surface area contributed by atoms with Gasteiger partial charge in [0, 0.05) is 17.8 Å². The van der Waals surface area contributed by atoms with Crippen molar-refractivity contribution in [3.63, 3.8) is 0 Å². The molecule has 0 aliphatic rings. The van der Waals surface area contributed by atoms with Gasteiger partial charge in [0.15, 0.2) is 11.6 Å². The first-order valence-corrected chi connectivity index (χ1v) is 6.13. The molecule has 0 aliphatic heterocycles. The molecular weight excluding hydrogens is 336 g/mol. The molecule has 7 heteroatoms. The fraction of sp³-hybridized carbons (Fsp3) is 0. The van der Waals surface area contributed by atoms with Crippen LogP contribution in [0.5, 0.6) is 11.5 Å². The second-order valence-electron chi connectivity index (χ2n) is 3.85. The number of carboxylic acids is 1. The number of hydrogen-bond acceptors (Lipinski definition) is 3. The monoisotopic (exact) mass is 343 g/mol. The molecular formula is C13H8BrF2NO3. The summed E-state index contributed by atoms with van der Waals surface area (Å²) in [5.74, 6) is -2.78. The highest BCUT2D eigenvalue weighted by Crippen LogP contribution is 2.33. The normalized spacial score (nSPS) is 10.3. The number of nitrogen functional groups attached to an aromatic ring is 1. The number of carbonyl (C=O) groups is 1. The summed E-state index contributed by atoms with van der Waals surface area (Å²) in [6.07, 6.45) is 0. The second kappa shape index (κ2) is 5.46. The van der Waals surface area contributed by atoms with Gasteiger partial charge in [-0.15, -0.1) is 0 Å². The molecule has 4 nitrogen and oxygen atoms in total. The number of hydrogen-bond donors (Lipinski definition) is 2. The molecule has 0 saturated carbocycles. The van der Waals surface area contributed by atoms with Gasteiger partial charge in [-0.05, 0) is 34.1 Å². The lowest BCUT2D eigenvalue weighted by Crippen LogP contribution is -2.04. The molecule has 0 radical (unpaired) electrons. The second-order valence-corrected chi connectivity index (χ2v) is 4.71. The Morgan fingerprint density at radius 2 is 1.90 bits per heavy atom. The van der Waals surface area contributed by atoms with Crippen LogP contribution >= 0.6 is 15.9 Å². The molecule has 0 bridgehead atoms. The molecule has 0 fully saturated rings. The molecule has 20 heavy (non-hydrogen) atoms. The van der Waals surface area contributed by atoms with E-state index in [0.717, 1.165) is 24.3 Å². The zero-order valence-corrected chi connectivity index (χ0v) is 11.4. The lowest BCUT2D eigenvalue weighted by atomic mass is 10.1. The van der Waals surface area contributed by atoms with Gasteiger partial charge in [-0.1, -0.05) is 0 Å². The molecule has 0 unspecified atom stereocenters. The number of halogens is 3. The molecule has 0 spiro atoms. The van der Waals surface area contributed by atoms with Gasteiger partial charge in [-0.2, -0.15) is 0 Å². The standard InChI is InChI=1S/C13H8BrF2NO3/c14-8-3-6(15)1-2-11(8)20-12-4-7(13(18)19)10(17)5-9(12)16/h1-5H,17H2,(H,18,19).